The van der Waals surface area contributed by atoms with E-state index >= 15 is 0 Å². The lowest BCUT2D eigenvalue weighted by atomic mass is 9.77. The molecule has 2 amide bonds. The molecule has 3 heterocycles. The molecule has 34 heavy (non-hydrogen) atoms. The number of furan rings is 1. The second-order valence-corrected chi connectivity index (χ2v) is 10.1. The lowest BCUT2D eigenvalue weighted by Crippen LogP contribution is -2.65. The molecule has 7 heteroatoms. The number of nitrogens with one attached hydrogen (secondary N) is 1. The number of aromatic nitrogens is 1. The van der Waals surface area contributed by atoms with Gasteiger partial charge in [0.2, 0.25) is 5.91 Å². The number of fused-ring (bicyclic) bond motifs is 3. The molecule has 1 aliphatic carbocycles. The first-order valence-electron chi connectivity index (χ1n) is 12.1. The fourth-order valence-corrected chi connectivity index (χ4v) is 5.58. The van der Waals surface area contributed by atoms with Gasteiger partial charge in [-0.3, -0.25) is 9.59 Å². The van der Waals surface area contributed by atoms with Crippen molar-refractivity contribution in [1.82, 2.24) is 14.8 Å². The van der Waals surface area contributed by atoms with Crippen LogP contribution in [0.2, 0.25) is 0 Å². The van der Waals surface area contributed by atoms with Crippen LogP contribution in [0.5, 0.6) is 5.75 Å². The number of rotatable bonds is 5. The maximum atomic E-state index is 13.9. The lowest BCUT2D eigenvalue weighted by Gasteiger charge is -2.45. The van der Waals surface area contributed by atoms with Crippen molar-refractivity contribution >= 4 is 22.9 Å². The first kappa shape index (κ1) is 22.6. The van der Waals surface area contributed by atoms with Gasteiger partial charge in [0.1, 0.15) is 17.0 Å². The van der Waals surface area contributed by atoms with Gasteiger partial charge < -0.3 is 23.9 Å². The summed E-state index contributed by atoms with van der Waals surface area (Å²) in [6, 6.07) is 11.4. The number of methoxy groups -OCH3 is 1. The molecule has 180 valence electrons. The molecule has 3 aromatic rings. The molecule has 0 unspecified atom stereocenters. The van der Waals surface area contributed by atoms with E-state index in [1.165, 1.54) is 6.42 Å². The van der Waals surface area contributed by atoms with E-state index in [2.05, 4.69) is 19.2 Å². The number of carbonyl (C=O) groups excluding carboxylic acids is 2. The minimum Gasteiger partial charge on any atom is -0.497 e. The van der Waals surface area contributed by atoms with Crippen molar-refractivity contribution in [3.8, 4) is 5.75 Å². The average Bonchev–Trinajstić information content (AvgIpc) is 3.42. The Hall–Kier alpha value is -3.22. The van der Waals surface area contributed by atoms with E-state index < -0.39 is 5.54 Å². The fraction of sp³-hybridized carbons (Fsp3) is 0.481. The summed E-state index contributed by atoms with van der Waals surface area (Å²) in [5, 5.41) is 3.34. The molecule has 4 atom stereocenters. The van der Waals surface area contributed by atoms with Crippen LogP contribution in [0.25, 0.3) is 11.1 Å². The number of amides is 2. The summed E-state index contributed by atoms with van der Waals surface area (Å²) in [7, 11) is 1.62. The molecule has 0 spiro atoms. The van der Waals surface area contributed by atoms with Crippen molar-refractivity contribution in [2.45, 2.75) is 64.7 Å². The number of hydrogen-bond acceptors (Lipinski definition) is 4. The Morgan fingerprint density at radius 3 is 2.85 bits per heavy atom. The largest absolute Gasteiger partial charge is 0.497 e. The van der Waals surface area contributed by atoms with E-state index in [0.717, 1.165) is 29.7 Å². The molecule has 0 radical (unpaired) electrons. The third-order valence-electron chi connectivity index (χ3n) is 8.04. The molecular weight excluding hydrogens is 430 g/mol. The Kier molecular flexibility index (Phi) is 5.66. The number of benzene rings is 1. The van der Waals surface area contributed by atoms with Crippen LogP contribution in [0.15, 0.2) is 47.1 Å². The smallest absolute Gasteiger partial charge is 0.271 e. The molecule has 2 aromatic heterocycles. The molecule has 7 nitrogen and oxygen atoms in total. The van der Waals surface area contributed by atoms with Crippen LogP contribution in [-0.4, -0.2) is 40.0 Å². The minimum atomic E-state index is -1.06. The molecule has 0 saturated heterocycles. The Labute approximate surface area is 200 Å². The summed E-state index contributed by atoms with van der Waals surface area (Å²) in [6.45, 7) is 7.03. The van der Waals surface area contributed by atoms with Gasteiger partial charge in [-0.15, -0.1) is 0 Å². The predicted octanol–water partition coefficient (Wildman–Crippen LogP) is 4.60. The number of carbonyl (C=O) groups is 2. The molecule has 1 aliphatic heterocycles. The minimum absolute atomic E-state index is 0.106. The number of ether oxygens (including phenoxy) is 1. The van der Waals surface area contributed by atoms with Crippen LogP contribution in [0.4, 0.5) is 0 Å². The van der Waals surface area contributed by atoms with Crippen LogP contribution >= 0.6 is 0 Å². The summed E-state index contributed by atoms with van der Waals surface area (Å²) in [4.78, 5) is 29.5. The predicted molar refractivity (Wildman–Crippen MR) is 130 cm³/mol. The van der Waals surface area contributed by atoms with Crippen molar-refractivity contribution in [3.05, 3.63) is 53.9 Å². The molecule has 1 saturated carbocycles. The van der Waals surface area contributed by atoms with Gasteiger partial charge in [-0.1, -0.05) is 38.8 Å². The molecule has 1 N–H and O–H groups in total. The lowest BCUT2D eigenvalue weighted by molar-refractivity contribution is -0.134. The highest BCUT2D eigenvalue weighted by Gasteiger charge is 2.48. The maximum Gasteiger partial charge on any atom is 0.271 e. The Balaban J connectivity index is 1.52. The van der Waals surface area contributed by atoms with Crippen molar-refractivity contribution < 1.29 is 18.7 Å². The Bertz CT molecular complexity index is 1230. The maximum absolute atomic E-state index is 13.9. The molecule has 5 rings (SSSR count). The standard InChI is InChI=1S/C27H33N3O4/c1-17-7-5-10-21(18(17)2)28-26(32)27(3)16-29-22-11-12-34-24(22)14-23(29)25(31)30(27)15-19-8-6-9-20(13-19)33-4/h6,8-9,11-14,17-18,21H,5,7,10,15-16H2,1-4H3,(H,28,32)/t17-,18+,21-,27-/m1/s1. The molecule has 1 fully saturated rings. The van der Waals surface area contributed by atoms with Gasteiger partial charge in [0.25, 0.3) is 5.91 Å². The summed E-state index contributed by atoms with van der Waals surface area (Å²) in [5.74, 6) is 1.40. The van der Waals surface area contributed by atoms with Crippen molar-refractivity contribution in [3.63, 3.8) is 0 Å². The third-order valence-corrected chi connectivity index (χ3v) is 8.04. The number of hydrogen-bond donors (Lipinski definition) is 1. The zero-order valence-electron chi connectivity index (χ0n) is 20.3. The van der Waals surface area contributed by atoms with Crippen LogP contribution < -0.4 is 10.1 Å². The second-order valence-electron chi connectivity index (χ2n) is 10.1. The highest BCUT2D eigenvalue weighted by atomic mass is 16.5. The summed E-state index contributed by atoms with van der Waals surface area (Å²) < 4.78 is 12.9. The van der Waals surface area contributed by atoms with Crippen molar-refractivity contribution in [2.75, 3.05) is 7.11 Å². The van der Waals surface area contributed by atoms with Gasteiger partial charge in [-0.25, -0.2) is 0 Å². The SMILES string of the molecule is COc1cccc(CN2C(=O)c3cc4occc4n3C[C@]2(C)C(=O)N[C@@H]2CCC[C@@H](C)[C@@H]2C)c1. The van der Waals surface area contributed by atoms with Gasteiger partial charge in [-0.2, -0.15) is 0 Å². The second kappa shape index (κ2) is 8.53. The Morgan fingerprint density at radius 2 is 2.06 bits per heavy atom. The van der Waals surface area contributed by atoms with E-state index in [1.807, 2.05) is 41.8 Å². The average molecular weight is 464 g/mol. The van der Waals surface area contributed by atoms with Crippen molar-refractivity contribution in [2.24, 2.45) is 11.8 Å². The third kappa shape index (κ3) is 3.67. The Morgan fingerprint density at radius 1 is 1.24 bits per heavy atom. The van der Waals surface area contributed by atoms with E-state index in [-0.39, 0.29) is 17.9 Å². The fourth-order valence-electron chi connectivity index (χ4n) is 5.58. The van der Waals surface area contributed by atoms with E-state index in [9.17, 15) is 9.59 Å². The highest BCUT2D eigenvalue weighted by Crippen LogP contribution is 2.35. The van der Waals surface area contributed by atoms with Crippen LogP contribution in [0.3, 0.4) is 0 Å². The van der Waals surface area contributed by atoms with Crippen LogP contribution in [0, 0.1) is 11.8 Å². The highest BCUT2D eigenvalue weighted by molar-refractivity contribution is 6.02. The summed E-state index contributed by atoms with van der Waals surface area (Å²) in [6.07, 6.45) is 4.89. The van der Waals surface area contributed by atoms with Gasteiger partial charge in [0.15, 0.2) is 5.58 Å². The zero-order valence-corrected chi connectivity index (χ0v) is 20.3. The van der Waals surface area contributed by atoms with Gasteiger partial charge in [-0.05, 0) is 42.9 Å². The van der Waals surface area contributed by atoms with E-state index in [4.69, 9.17) is 9.15 Å². The van der Waals surface area contributed by atoms with Gasteiger partial charge in [0, 0.05) is 24.7 Å². The normalized spacial score (nSPS) is 27.0. The quantitative estimate of drug-likeness (QED) is 0.600. The summed E-state index contributed by atoms with van der Waals surface area (Å²) >= 11 is 0. The van der Waals surface area contributed by atoms with E-state index in [0.29, 0.717) is 36.2 Å². The monoisotopic (exact) mass is 463 g/mol. The first-order chi connectivity index (χ1) is 16.3. The van der Waals surface area contributed by atoms with E-state index in [1.54, 1.807) is 24.3 Å². The summed E-state index contributed by atoms with van der Waals surface area (Å²) in [5.41, 5.74) is 1.89. The van der Waals surface area contributed by atoms with Crippen molar-refractivity contribution in [1.29, 1.82) is 0 Å². The molecule has 1 aromatic carbocycles. The first-order valence-corrected chi connectivity index (χ1v) is 12.1. The zero-order chi connectivity index (χ0) is 24.0. The van der Waals surface area contributed by atoms with Gasteiger partial charge in [0.05, 0.1) is 25.4 Å². The van der Waals surface area contributed by atoms with Gasteiger partial charge >= 0.3 is 0 Å². The number of nitrogens with zero attached hydrogens (tertiary/aromatic N) is 2. The molecule has 0 bridgehead atoms. The molecule has 2 aliphatic rings. The molecular formula is C27H33N3O4. The van der Waals surface area contributed by atoms with Crippen LogP contribution in [0.1, 0.15) is 56.1 Å². The van der Waals surface area contributed by atoms with Crippen LogP contribution in [-0.2, 0) is 17.9 Å². The topological polar surface area (TPSA) is 76.7 Å².